The Morgan fingerprint density at radius 2 is 1.88 bits per heavy atom. The minimum Gasteiger partial charge on any atom is -0.475 e. The van der Waals surface area contributed by atoms with Gasteiger partial charge in [0.2, 0.25) is 0 Å². The molecule has 0 fully saturated rings. The third kappa shape index (κ3) is 3.75. The molecule has 1 aromatic carbocycles. The summed E-state index contributed by atoms with van der Waals surface area (Å²) >= 11 is 0. The van der Waals surface area contributed by atoms with Gasteiger partial charge in [-0.1, -0.05) is 18.2 Å². The quantitative estimate of drug-likeness (QED) is 0.656. The van der Waals surface area contributed by atoms with Crippen molar-refractivity contribution in [3.8, 4) is 0 Å². The zero-order valence-electron chi connectivity index (χ0n) is 8.36. The van der Waals surface area contributed by atoms with E-state index in [1.807, 2.05) is 0 Å². The Kier molecular flexibility index (Phi) is 3.67. The van der Waals surface area contributed by atoms with E-state index in [9.17, 15) is 22.8 Å². The van der Waals surface area contributed by atoms with E-state index in [1.165, 1.54) is 12.1 Å². The standard InChI is InChI=1S/C11H7F3O3/c12-11(13,14)8-3-1-2-7(6-8)4-5-9(15)10(16)17/h1-6H,(H,16,17)/b5-4+. The van der Waals surface area contributed by atoms with Crippen molar-refractivity contribution in [2.24, 2.45) is 0 Å². The van der Waals surface area contributed by atoms with Crippen molar-refractivity contribution < 1.29 is 27.9 Å². The van der Waals surface area contributed by atoms with Crippen LogP contribution in [0.5, 0.6) is 0 Å². The van der Waals surface area contributed by atoms with Crippen LogP contribution in [0.15, 0.2) is 30.3 Å². The van der Waals surface area contributed by atoms with Crippen molar-refractivity contribution in [3.05, 3.63) is 41.5 Å². The molecule has 1 N–H and O–H groups in total. The zero-order chi connectivity index (χ0) is 13.1. The summed E-state index contributed by atoms with van der Waals surface area (Å²) in [6.07, 6.45) is -2.75. The maximum absolute atomic E-state index is 12.3. The molecule has 0 unspecified atom stereocenters. The van der Waals surface area contributed by atoms with Crippen LogP contribution in [0, 0.1) is 0 Å². The minimum absolute atomic E-state index is 0.106. The number of ketones is 1. The molecule has 3 nitrogen and oxygen atoms in total. The van der Waals surface area contributed by atoms with Crippen LogP contribution in [0.2, 0.25) is 0 Å². The highest BCUT2D eigenvalue weighted by Gasteiger charge is 2.30. The summed E-state index contributed by atoms with van der Waals surface area (Å²) in [6.45, 7) is 0. The Balaban J connectivity index is 2.94. The van der Waals surface area contributed by atoms with Crippen LogP contribution in [-0.2, 0) is 15.8 Å². The fourth-order valence-corrected chi connectivity index (χ4v) is 1.06. The lowest BCUT2D eigenvalue weighted by Crippen LogP contribution is -2.08. The molecule has 0 aliphatic heterocycles. The number of benzene rings is 1. The molecular formula is C11H7F3O3. The van der Waals surface area contributed by atoms with Crippen LogP contribution in [-0.4, -0.2) is 16.9 Å². The van der Waals surface area contributed by atoms with Gasteiger partial charge in [0.15, 0.2) is 0 Å². The minimum atomic E-state index is -4.47. The summed E-state index contributed by atoms with van der Waals surface area (Å²) in [6, 6.07) is 4.22. The molecule has 1 rings (SSSR count). The van der Waals surface area contributed by atoms with E-state index in [4.69, 9.17) is 5.11 Å². The smallest absolute Gasteiger partial charge is 0.416 e. The Morgan fingerprint density at radius 1 is 1.24 bits per heavy atom. The van der Waals surface area contributed by atoms with Gasteiger partial charge in [-0.15, -0.1) is 0 Å². The van der Waals surface area contributed by atoms with Gasteiger partial charge in [0, 0.05) is 0 Å². The van der Waals surface area contributed by atoms with Crippen LogP contribution in [0.1, 0.15) is 11.1 Å². The highest BCUT2D eigenvalue weighted by atomic mass is 19.4. The number of rotatable bonds is 3. The van der Waals surface area contributed by atoms with E-state index in [2.05, 4.69) is 0 Å². The SMILES string of the molecule is O=C(O)C(=O)/C=C/c1cccc(C(F)(F)F)c1. The normalized spacial score (nSPS) is 11.7. The average molecular weight is 244 g/mol. The number of carbonyl (C=O) groups is 2. The van der Waals surface area contributed by atoms with E-state index in [-0.39, 0.29) is 5.56 Å². The van der Waals surface area contributed by atoms with Crippen LogP contribution in [0.25, 0.3) is 6.08 Å². The summed E-state index contributed by atoms with van der Waals surface area (Å²) in [7, 11) is 0. The molecule has 1 aromatic rings. The van der Waals surface area contributed by atoms with Gasteiger partial charge < -0.3 is 5.11 Å². The topological polar surface area (TPSA) is 54.4 Å². The van der Waals surface area contributed by atoms with E-state index in [1.54, 1.807) is 0 Å². The fourth-order valence-electron chi connectivity index (χ4n) is 1.06. The van der Waals surface area contributed by atoms with Gasteiger partial charge >= 0.3 is 12.1 Å². The second-order valence-electron chi connectivity index (χ2n) is 3.13. The van der Waals surface area contributed by atoms with Gasteiger partial charge in [-0.3, -0.25) is 4.79 Å². The second-order valence-corrected chi connectivity index (χ2v) is 3.13. The summed E-state index contributed by atoms with van der Waals surface area (Å²) in [5, 5.41) is 8.26. The Labute approximate surface area is 94.2 Å². The number of halogens is 3. The molecule has 90 valence electrons. The molecule has 0 heterocycles. The molecule has 0 spiro atoms. The zero-order valence-corrected chi connectivity index (χ0v) is 8.36. The fraction of sp³-hybridized carbons (Fsp3) is 0.0909. The number of aliphatic carboxylic acids is 1. The highest BCUT2D eigenvalue weighted by molar-refractivity contribution is 6.38. The van der Waals surface area contributed by atoms with Crippen LogP contribution >= 0.6 is 0 Å². The van der Waals surface area contributed by atoms with Gasteiger partial charge in [-0.25, -0.2) is 4.79 Å². The summed E-state index contributed by atoms with van der Waals surface area (Å²) in [5.41, 5.74) is -0.753. The van der Waals surface area contributed by atoms with Crippen molar-refractivity contribution in [2.45, 2.75) is 6.18 Å². The number of hydrogen-bond acceptors (Lipinski definition) is 2. The van der Waals surface area contributed by atoms with E-state index >= 15 is 0 Å². The third-order valence-electron chi connectivity index (χ3n) is 1.85. The summed E-state index contributed by atoms with van der Waals surface area (Å²) < 4.78 is 36.9. The van der Waals surface area contributed by atoms with Gasteiger partial charge in [0.1, 0.15) is 0 Å². The first-order chi connectivity index (χ1) is 7.80. The molecule has 0 bridgehead atoms. The number of alkyl halides is 3. The molecule has 0 radical (unpaired) electrons. The molecule has 0 aliphatic rings. The Hall–Kier alpha value is -2.11. The number of carboxylic acids is 1. The first-order valence-electron chi connectivity index (χ1n) is 4.43. The van der Waals surface area contributed by atoms with E-state index in [0.29, 0.717) is 6.08 Å². The number of hydrogen-bond donors (Lipinski definition) is 1. The van der Waals surface area contributed by atoms with E-state index in [0.717, 1.165) is 18.2 Å². The lowest BCUT2D eigenvalue weighted by molar-refractivity contribution is -0.146. The molecule has 0 atom stereocenters. The van der Waals surface area contributed by atoms with Gasteiger partial charge in [0.25, 0.3) is 5.78 Å². The number of carboxylic acid groups (broad SMARTS) is 1. The molecule has 0 aliphatic carbocycles. The highest BCUT2D eigenvalue weighted by Crippen LogP contribution is 2.29. The molecule has 6 heteroatoms. The summed E-state index contributed by atoms with van der Waals surface area (Å²) in [5.74, 6) is -2.85. The van der Waals surface area contributed by atoms with E-state index < -0.39 is 23.5 Å². The lowest BCUT2D eigenvalue weighted by atomic mass is 10.1. The molecule has 0 aromatic heterocycles. The molecule has 0 saturated carbocycles. The Morgan fingerprint density at radius 3 is 2.41 bits per heavy atom. The monoisotopic (exact) mass is 244 g/mol. The maximum Gasteiger partial charge on any atom is 0.416 e. The first kappa shape index (κ1) is 13.0. The van der Waals surface area contributed by atoms with Gasteiger partial charge in [0.05, 0.1) is 5.56 Å². The molecule has 0 amide bonds. The third-order valence-corrected chi connectivity index (χ3v) is 1.85. The predicted octanol–water partition coefficient (Wildman–Crippen LogP) is 2.37. The van der Waals surface area contributed by atoms with Crippen molar-refractivity contribution in [2.75, 3.05) is 0 Å². The van der Waals surface area contributed by atoms with Crippen LogP contribution < -0.4 is 0 Å². The average Bonchev–Trinajstić information content (AvgIpc) is 2.25. The maximum atomic E-state index is 12.3. The lowest BCUT2D eigenvalue weighted by Gasteiger charge is -2.06. The summed E-state index contributed by atoms with van der Waals surface area (Å²) in [4.78, 5) is 20.9. The van der Waals surface area contributed by atoms with Gasteiger partial charge in [-0.05, 0) is 23.8 Å². The predicted molar refractivity (Wildman–Crippen MR) is 53.1 cm³/mol. The molecule has 0 saturated heterocycles. The van der Waals surface area contributed by atoms with Crippen LogP contribution in [0.4, 0.5) is 13.2 Å². The van der Waals surface area contributed by atoms with Crippen LogP contribution in [0.3, 0.4) is 0 Å². The van der Waals surface area contributed by atoms with Crippen molar-refractivity contribution in [3.63, 3.8) is 0 Å². The first-order valence-corrected chi connectivity index (χ1v) is 4.43. The molecule has 17 heavy (non-hydrogen) atoms. The molecular weight excluding hydrogens is 237 g/mol. The van der Waals surface area contributed by atoms with Gasteiger partial charge in [-0.2, -0.15) is 13.2 Å². The van der Waals surface area contributed by atoms with Crippen molar-refractivity contribution in [1.82, 2.24) is 0 Å². The second kappa shape index (κ2) is 4.82. The van der Waals surface area contributed by atoms with Crippen molar-refractivity contribution >= 4 is 17.8 Å². The Bertz CT molecular complexity index is 475. The largest absolute Gasteiger partial charge is 0.475 e. The van der Waals surface area contributed by atoms with Crippen molar-refractivity contribution in [1.29, 1.82) is 0 Å². The number of carbonyl (C=O) groups excluding carboxylic acids is 1.